The van der Waals surface area contributed by atoms with E-state index in [4.69, 9.17) is 0 Å². The first kappa shape index (κ1) is 10.3. The summed E-state index contributed by atoms with van der Waals surface area (Å²) in [6, 6.07) is 0. The smallest absolute Gasteiger partial charge is 0.142 e. The molecule has 92 valence electrons. The zero-order valence-corrected chi connectivity index (χ0v) is 10.9. The molecule has 0 aromatic heterocycles. The highest BCUT2D eigenvalue weighted by Gasteiger charge is 2.69. The summed E-state index contributed by atoms with van der Waals surface area (Å²) in [5, 5.41) is 0. The third-order valence-electron chi connectivity index (χ3n) is 6.85. The standard InChI is InChI=1S/C16H22O/c1-10-8-12-9-16-7-3-4-11(16)5-6-13(16)15(12,2)14(10)17/h3,7,10-13H,4-6,8-9H2,1-2H3/t10-,11+,12-,13-,15-,16-/m0/s1. The van der Waals surface area contributed by atoms with Gasteiger partial charge in [0.15, 0.2) is 0 Å². The van der Waals surface area contributed by atoms with Crippen molar-refractivity contribution >= 4 is 5.78 Å². The van der Waals surface area contributed by atoms with E-state index in [1.807, 2.05) is 0 Å². The summed E-state index contributed by atoms with van der Waals surface area (Å²) in [6.45, 7) is 4.45. The molecule has 0 N–H and O–H groups in total. The molecule has 0 unspecified atom stereocenters. The monoisotopic (exact) mass is 230 g/mol. The summed E-state index contributed by atoms with van der Waals surface area (Å²) in [7, 11) is 0. The van der Waals surface area contributed by atoms with E-state index >= 15 is 0 Å². The summed E-state index contributed by atoms with van der Waals surface area (Å²) in [4.78, 5) is 12.6. The topological polar surface area (TPSA) is 17.1 Å². The molecule has 1 nitrogen and oxygen atoms in total. The molecule has 0 radical (unpaired) electrons. The van der Waals surface area contributed by atoms with Crippen molar-refractivity contribution in [1.82, 2.24) is 0 Å². The van der Waals surface area contributed by atoms with Crippen LogP contribution in [-0.4, -0.2) is 5.78 Å². The maximum atomic E-state index is 12.6. The Balaban J connectivity index is 1.83. The maximum Gasteiger partial charge on any atom is 0.142 e. The van der Waals surface area contributed by atoms with Crippen molar-refractivity contribution < 1.29 is 4.79 Å². The molecule has 3 fully saturated rings. The number of carbonyl (C=O) groups is 1. The van der Waals surface area contributed by atoms with Crippen molar-refractivity contribution in [2.45, 2.75) is 46.0 Å². The molecule has 4 aliphatic carbocycles. The van der Waals surface area contributed by atoms with Crippen LogP contribution < -0.4 is 0 Å². The van der Waals surface area contributed by atoms with Gasteiger partial charge in [0.25, 0.3) is 0 Å². The second-order valence-corrected chi connectivity index (χ2v) is 7.26. The van der Waals surface area contributed by atoms with Gasteiger partial charge in [-0.05, 0) is 55.3 Å². The second-order valence-electron chi connectivity index (χ2n) is 7.26. The van der Waals surface area contributed by atoms with Crippen LogP contribution in [0.4, 0.5) is 0 Å². The largest absolute Gasteiger partial charge is 0.299 e. The fourth-order valence-electron chi connectivity index (χ4n) is 6.16. The number of hydrogen-bond acceptors (Lipinski definition) is 1. The molecule has 1 spiro atoms. The van der Waals surface area contributed by atoms with Gasteiger partial charge in [0.1, 0.15) is 5.78 Å². The van der Waals surface area contributed by atoms with Crippen LogP contribution in [0, 0.1) is 34.5 Å². The zero-order chi connectivity index (χ0) is 11.8. The molecule has 0 aliphatic heterocycles. The highest BCUT2D eigenvalue weighted by Crippen LogP contribution is 2.73. The predicted octanol–water partition coefficient (Wildman–Crippen LogP) is 3.59. The van der Waals surface area contributed by atoms with Crippen LogP contribution in [0.15, 0.2) is 12.2 Å². The van der Waals surface area contributed by atoms with Crippen molar-refractivity contribution in [3.63, 3.8) is 0 Å². The summed E-state index contributed by atoms with van der Waals surface area (Å²) in [6.07, 6.45) is 11.3. The lowest BCUT2D eigenvalue weighted by atomic mass is 9.68. The van der Waals surface area contributed by atoms with Gasteiger partial charge in [-0.2, -0.15) is 0 Å². The molecular weight excluding hydrogens is 208 g/mol. The van der Waals surface area contributed by atoms with Gasteiger partial charge >= 0.3 is 0 Å². The number of Topliss-reactive ketones (excluding diaryl/α,β-unsaturated/α-hetero) is 1. The number of rotatable bonds is 0. The average Bonchev–Trinajstić information content (AvgIpc) is 2.92. The van der Waals surface area contributed by atoms with Crippen molar-refractivity contribution in [1.29, 1.82) is 0 Å². The van der Waals surface area contributed by atoms with E-state index in [2.05, 4.69) is 26.0 Å². The minimum atomic E-state index is 0.0306. The molecule has 4 rings (SSSR count). The average molecular weight is 230 g/mol. The molecule has 3 saturated carbocycles. The van der Waals surface area contributed by atoms with Crippen LogP contribution in [0.5, 0.6) is 0 Å². The van der Waals surface area contributed by atoms with E-state index in [1.54, 1.807) is 0 Å². The Bertz CT molecular complexity index is 423. The Hall–Kier alpha value is -0.590. The molecule has 0 aromatic rings. The second kappa shape index (κ2) is 2.87. The lowest BCUT2D eigenvalue weighted by Gasteiger charge is -2.34. The van der Waals surface area contributed by atoms with E-state index in [0.29, 0.717) is 29.0 Å². The summed E-state index contributed by atoms with van der Waals surface area (Å²) >= 11 is 0. The SMILES string of the molecule is C[C@H]1C[C@H]2C[C@@]34C=CC[C@@H]3CC[C@H]4[C@@]2(C)C1=O. The molecule has 4 aliphatic rings. The van der Waals surface area contributed by atoms with Crippen molar-refractivity contribution in [2.24, 2.45) is 34.5 Å². The van der Waals surface area contributed by atoms with Gasteiger partial charge in [0, 0.05) is 11.3 Å². The van der Waals surface area contributed by atoms with E-state index in [-0.39, 0.29) is 5.41 Å². The van der Waals surface area contributed by atoms with E-state index in [1.165, 1.54) is 25.7 Å². The number of allylic oxidation sites excluding steroid dienone is 2. The molecule has 0 heterocycles. The van der Waals surface area contributed by atoms with Gasteiger partial charge in [-0.3, -0.25) is 4.79 Å². The quantitative estimate of drug-likeness (QED) is 0.581. The van der Waals surface area contributed by atoms with E-state index in [0.717, 1.165) is 12.3 Å². The van der Waals surface area contributed by atoms with Crippen LogP contribution in [0.2, 0.25) is 0 Å². The number of carbonyl (C=O) groups excluding carboxylic acids is 1. The molecule has 0 saturated heterocycles. The number of hydrogen-bond donors (Lipinski definition) is 0. The van der Waals surface area contributed by atoms with Gasteiger partial charge in [-0.25, -0.2) is 0 Å². The predicted molar refractivity (Wildman–Crippen MR) is 67.4 cm³/mol. The first-order chi connectivity index (χ1) is 8.09. The molecule has 6 atom stereocenters. The zero-order valence-electron chi connectivity index (χ0n) is 10.9. The van der Waals surface area contributed by atoms with Crippen LogP contribution in [0.25, 0.3) is 0 Å². The van der Waals surface area contributed by atoms with Crippen molar-refractivity contribution in [2.75, 3.05) is 0 Å². The minimum absolute atomic E-state index is 0.0306. The van der Waals surface area contributed by atoms with E-state index in [9.17, 15) is 4.79 Å². The summed E-state index contributed by atoms with van der Waals surface area (Å²) < 4.78 is 0. The molecule has 1 heteroatoms. The Morgan fingerprint density at radius 3 is 2.94 bits per heavy atom. The first-order valence-corrected chi connectivity index (χ1v) is 7.31. The fraction of sp³-hybridized carbons (Fsp3) is 0.812. The molecule has 0 aromatic carbocycles. The Labute approximate surface area is 104 Å². The highest BCUT2D eigenvalue weighted by atomic mass is 16.1. The molecular formula is C16H22O. The highest BCUT2D eigenvalue weighted by molar-refractivity contribution is 5.90. The Kier molecular flexibility index (Phi) is 1.74. The summed E-state index contributed by atoms with van der Waals surface area (Å²) in [5.74, 6) is 3.14. The van der Waals surface area contributed by atoms with E-state index < -0.39 is 0 Å². The molecule has 0 bridgehead atoms. The third-order valence-corrected chi connectivity index (χ3v) is 6.85. The number of fused-ring (bicyclic) bond motifs is 2. The van der Waals surface area contributed by atoms with Gasteiger partial charge in [-0.15, -0.1) is 0 Å². The summed E-state index contributed by atoms with van der Waals surface area (Å²) in [5.41, 5.74) is 0.470. The van der Waals surface area contributed by atoms with Crippen molar-refractivity contribution in [3.8, 4) is 0 Å². The van der Waals surface area contributed by atoms with Crippen LogP contribution in [0.3, 0.4) is 0 Å². The third kappa shape index (κ3) is 0.936. The van der Waals surface area contributed by atoms with Crippen LogP contribution in [-0.2, 0) is 4.79 Å². The fourth-order valence-corrected chi connectivity index (χ4v) is 6.16. The molecule has 0 amide bonds. The first-order valence-electron chi connectivity index (χ1n) is 7.31. The number of ketones is 1. The van der Waals surface area contributed by atoms with Crippen LogP contribution in [0.1, 0.15) is 46.0 Å². The Morgan fingerprint density at radius 1 is 1.29 bits per heavy atom. The van der Waals surface area contributed by atoms with Crippen LogP contribution >= 0.6 is 0 Å². The normalized spacial score (nSPS) is 59.5. The maximum absolute atomic E-state index is 12.6. The minimum Gasteiger partial charge on any atom is -0.299 e. The van der Waals surface area contributed by atoms with Crippen molar-refractivity contribution in [3.05, 3.63) is 12.2 Å². The van der Waals surface area contributed by atoms with Gasteiger partial charge in [0.05, 0.1) is 0 Å². The Morgan fingerprint density at radius 2 is 2.12 bits per heavy atom. The molecule has 17 heavy (non-hydrogen) atoms. The lowest BCUT2D eigenvalue weighted by molar-refractivity contribution is -0.131. The lowest BCUT2D eigenvalue weighted by Crippen LogP contribution is -2.36. The van der Waals surface area contributed by atoms with Gasteiger partial charge in [0.2, 0.25) is 0 Å². The van der Waals surface area contributed by atoms with Gasteiger partial charge in [-0.1, -0.05) is 26.0 Å². The van der Waals surface area contributed by atoms with Gasteiger partial charge < -0.3 is 0 Å².